The van der Waals surface area contributed by atoms with E-state index < -0.39 is 6.09 Å². The van der Waals surface area contributed by atoms with Gasteiger partial charge in [-0.1, -0.05) is 6.07 Å². The van der Waals surface area contributed by atoms with Gasteiger partial charge in [0.1, 0.15) is 17.2 Å². The number of carbonyl (C=O) groups is 1. The molecule has 6 heteroatoms. The average Bonchev–Trinajstić information content (AvgIpc) is 2.32. The molecule has 2 rings (SSSR count). The Labute approximate surface area is 118 Å². The van der Waals surface area contributed by atoms with Gasteiger partial charge >= 0.3 is 6.09 Å². The standard InChI is InChI=1S/C13H11BrN2O3/c14-11-6-8(15)4-5-12(11)18-9-2-1-3-10(7-9)19-13(16)17/h1-7H,15H2,(H2,16,17). The number of benzene rings is 2. The van der Waals surface area contributed by atoms with Crippen molar-refractivity contribution >= 4 is 27.7 Å². The molecule has 5 nitrogen and oxygen atoms in total. The summed E-state index contributed by atoms with van der Waals surface area (Å²) in [4.78, 5) is 10.7. The Morgan fingerprint density at radius 1 is 1.11 bits per heavy atom. The van der Waals surface area contributed by atoms with Crippen LogP contribution in [0.2, 0.25) is 0 Å². The van der Waals surface area contributed by atoms with Gasteiger partial charge in [-0.05, 0) is 46.3 Å². The summed E-state index contributed by atoms with van der Waals surface area (Å²) in [5.74, 6) is 1.44. The topological polar surface area (TPSA) is 87.6 Å². The van der Waals surface area contributed by atoms with E-state index in [0.29, 0.717) is 22.9 Å². The molecule has 2 aromatic carbocycles. The Bertz CT molecular complexity index is 617. The zero-order valence-corrected chi connectivity index (χ0v) is 11.4. The van der Waals surface area contributed by atoms with Gasteiger partial charge in [-0.2, -0.15) is 0 Å². The first-order valence-corrected chi connectivity index (χ1v) is 6.14. The smallest absolute Gasteiger partial charge is 0.409 e. The first kappa shape index (κ1) is 13.2. The van der Waals surface area contributed by atoms with Crippen LogP contribution in [0.15, 0.2) is 46.9 Å². The summed E-state index contributed by atoms with van der Waals surface area (Å²) in [5, 5.41) is 0. The van der Waals surface area contributed by atoms with Gasteiger partial charge in [0.25, 0.3) is 0 Å². The monoisotopic (exact) mass is 322 g/mol. The number of nitrogens with two attached hydrogens (primary N) is 2. The molecule has 0 aliphatic heterocycles. The van der Waals surface area contributed by atoms with Crippen molar-refractivity contribution in [1.29, 1.82) is 0 Å². The lowest BCUT2D eigenvalue weighted by Crippen LogP contribution is -2.16. The summed E-state index contributed by atoms with van der Waals surface area (Å²) >= 11 is 3.35. The Hall–Kier alpha value is -2.21. The molecule has 0 spiro atoms. The molecule has 0 bridgehead atoms. The largest absolute Gasteiger partial charge is 0.456 e. The maximum absolute atomic E-state index is 10.7. The van der Waals surface area contributed by atoms with E-state index in [9.17, 15) is 4.79 Å². The van der Waals surface area contributed by atoms with Crippen LogP contribution < -0.4 is 20.9 Å². The van der Waals surface area contributed by atoms with Crippen LogP contribution in [0.3, 0.4) is 0 Å². The molecule has 0 unspecified atom stereocenters. The van der Waals surface area contributed by atoms with Crippen LogP contribution in [0.25, 0.3) is 0 Å². The number of halogens is 1. The fraction of sp³-hybridized carbons (Fsp3) is 0. The van der Waals surface area contributed by atoms with Gasteiger partial charge in [0.2, 0.25) is 0 Å². The molecule has 4 N–H and O–H groups in total. The lowest BCUT2D eigenvalue weighted by molar-refractivity contribution is 0.211. The third-order valence-corrected chi connectivity index (χ3v) is 2.83. The molecular formula is C13H11BrN2O3. The van der Waals surface area contributed by atoms with Gasteiger partial charge in [-0.3, -0.25) is 0 Å². The molecule has 0 aromatic heterocycles. The lowest BCUT2D eigenvalue weighted by atomic mass is 10.3. The highest BCUT2D eigenvalue weighted by Crippen LogP contribution is 2.32. The van der Waals surface area contributed by atoms with E-state index in [1.165, 1.54) is 0 Å². The fourth-order valence-corrected chi connectivity index (χ4v) is 1.92. The molecule has 1 amide bonds. The zero-order valence-electron chi connectivity index (χ0n) is 9.80. The van der Waals surface area contributed by atoms with Gasteiger partial charge in [0.15, 0.2) is 0 Å². The Morgan fingerprint density at radius 3 is 2.53 bits per heavy atom. The van der Waals surface area contributed by atoms with Crippen LogP contribution in [0.4, 0.5) is 10.5 Å². The van der Waals surface area contributed by atoms with Gasteiger partial charge < -0.3 is 20.9 Å². The molecule has 0 saturated carbocycles. The molecule has 0 fully saturated rings. The number of hydrogen-bond donors (Lipinski definition) is 2. The van der Waals surface area contributed by atoms with E-state index in [1.807, 2.05) is 0 Å². The molecule has 98 valence electrons. The van der Waals surface area contributed by atoms with E-state index in [0.717, 1.165) is 4.47 Å². The van der Waals surface area contributed by atoms with Crippen molar-refractivity contribution in [2.24, 2.45) is 5.73 Å². The molecule has 0 saturated heterocycles. The molecular weight excluding hydrogens is 312 g/mol. The van der Waals surface area contributed by atoms with E-state index in [2.05, 4.69) is 15.9 Å². The van der Waals surface area contributed by atoms with Crippen molar-refractivity contribution < 1.29 is 14.3 Å². The van der Waals surface area contributed by atoms with Crippen LogP contribution in [-0.4, -0.2) is 6.09 Å². The highest BCUT2D eigenvalue weighted by atomic mass is 79.9. The first-order valence-electron chi connectivity index (χ1n) is 5.35. The Balaban J connectivity index is 2.21. The second-order valence-electron chi connectivity index (χ2n) is 3.69. The second kappa shape index (κ2) is 5.62. The van der Waals surface area contributed by atoms with Crippen LogP contribution in [0.5, 0.6) is 17.2 Å². The molecule has 0 aliphatic rings. The normalized spacial score (nSPS) is 9.95. The van der Waals surface area contributed by atoms with E-state index >= 15 is 0 Å². The molecule has 0 aliphatic carbocycles. The third kappa shape index (κ3) is 3.62. The highest BCUT2D eigenvalue weighted by Gasteiger charge is 2.05. The number of hydrogen-bond acceptors (Lipinski definition) is 4. The predicted octanol–water partition coefficient (Wildman–Crippen LogP) is 3.28. The van der Waals surface area contributed by atoms with E-state index in [-0.39, 0.29) is 0 Å². The molecule has 2 aromatic rings. The van der Waals surface area contributed by atoms with Gasteiger partial charge in [-0.25, -0.2) is 4.79 Å². The summed E-state index contributed by atoms with van der Waals surface area (Å²) < 4.78 is 11.2. The summed E-state index contributed by atoms with van der Waals surface area (Å²) in [6.07, 6.45) is -0.870. The van der Waals surface area contributed by atoms with Crippen LogP contribution >= 0.6 is 15.9 Å². The zero-order chi connectivity index (χ0) is 13.8. The van der Waals surface area contributed by atoms with Crippen LogP contribution in [0.1, 0.15) is 0 Å². The minimum absolute atomic E-state index is 0.316. The summed E-state index contributed by atoms with van der Waals surface area (Å²) in [6.45, 7) is 0. The summed E-state index contributed by atoms with van der Waals surface area (Å²) in [7, 11) is 0. The predicted molar refractivity (Wildman–Crippen MR) is 75.3 cm³/mol. The van der Waals surface area contributed by atoms with Crippen molar-refractivity contribution in [3.05, 3.63) is 46.9 Å². The van der Waals surface area contributed by atoms with Gasteiger partial charge in [-0.15, -0.1) is 0 Å². The SMILES string of the molecule is NC(=O)Oc1cccc(Oc2ccc(N)cc2Br)c1. The molecule has 0 atom stereocenters. The van der Waals surface area contributed by atoms with Crippen LogP contribution in [0, 0.1) is 0 Å². The highest BCUT2D eigenvalue weighted by molar-refractivity contribution is 9.10. The van der Waals surface area contributed by atoms with Crippen molar-refractivity contribution in [2.75, 3.05) is 5.73 Å². The van der Waals surface area contributed by atoms with Crippen molar-refractivity contribution in [2.45, 2.75) is 0 Å². The van der Waals surface area contributed by atoms with E-state index in [4.69, 9.17) is 20.9 Å². The number of primary amides is 1. The number of carbonyl (C=O) groups excluding carboxylic acids is 1. The minimum Gasteiger partial charge on any atom is -0.456 e. The fourth-order valence-electron chi connectivity index (χ4n) is 1.44. The van der Waals surface area contributed by atoms with Crippen molar-refractivity contribution in [3.63, 3.8) is 0 Å². The second-order valence-corrected chi connectivity index (χ2v) is 4.54. The number of amides is 1. The van der Waals surface area contributed by atoms with Gasteiger partial charge in [0, 0.05) is 11.8 Å². The number of rotatable bonds is 3. The van der Waals surface area contributed by atoms with E-state index in [1.54, 1.807) is 42.5 Å². The van der Waals surface area contributed by atoms with Crippen LogP contribution in [-0.2, 0) is 0 Å². The average molecular weight is 323 g/mol. The molecule has 0 radical (unpaired) electrons. The number of ether oxygens (including phenoxy) is 2. The maximum Gasteiger partial charge on any atom is 0.409 e. The summed E-state index contributed by atoms with van der Waals surface area (Å²) in [5.41, 5.74) is 11.2. The van der Waals surface area contributed by atoms with Gasteiger partial charge in [0.05, 0.1) is 4.47 Å². The first-order chi connectivity index (χ1) is 9.04. The lowest BCUT2D eigenvalue weighted by Gasteiger charge is -2.09. The van der Waals surface area contributed by atoms with Crippen molar-refractivity contribution in [1.82, 2.24) is 0 Å². The molecule has 0 heterocycles. The summed E-state index contributed by atoms with van der Waals surface area (Å²) in [6, 6.07) is 11.8. The maximum atomic E-state index is 10.7. The quantitative estimate of drug-likeness (QED) is 0.849. The third-order valence-electron chi connectivity index (χ3n) is 2.21. The Kier molecular flexibility index (Phi) is 3.91. The molecule has 19 heavy (non-hydrogen) atoms. The van der Waals surface area contributed by atoms with Crippen molar-refractivity contribution in [3.8, 4) is 17.2 Å². The number of anilines is 1. The number of nitrogen functional groups attached to an aromatic ring is 1. The Morgan fingerprint density at radius 2 is 1.84 bits per heavy atom. The minimum atomic E-state index is -0.870.